The maximum absolute atomic E-state index is 12.8. The van der Waals surface area contributed by atoms with Crippen molar-refractivity contribution in [3.8, 4) is 5.75 Å². The molecule has 0 bridgehead atoms. The molecule has 2 heterocycles. The van der Waals surface area contributed by atoms with Gasteiger partial charge in [-0.05, 0) is 36.1 Å². The van der Waals surface area contributed by atoms with Gasteiger partial charge in [-0.1, -0.05) is 12.1 Å². The molecule has 3 rings (SSSR count). The van der Waals surface area contributed by atoms with Crippen LogP contribution in [0.3, 0.4) is 0 Å². The van der Waals surface area contributed by atoms with Gasteiger partial charge in [0.25, 0.3) is 0 Å². The summed E-state index contributed by atoms with van der Waals surface area (Å²) >= 11 is 1.65. The van der Waals surface area contributed by atoms with Gasteiger partial charge >= 0.3 is 0 Å². The van der Waals surface area contributed by atoms with Crippen LogP contribution in [0.25, 0.3) is 0 Å². The van der Waals surface area contributed by atoms with E-state index in [1.54, 1.807) is 35.3 Å². The van der Waals surface area contributed by atoms with Crippen molar-refractivity contribution < 1.29 is 14.3 Å². The number of aryl methyl sites for hydroxylation is 1. The van der Waals surface area contributed by atoms with Gasteiger partial charge in [-0.2, -0.15) is 0 Å². The predicted molar refractivity (Wildman–Crippen MR) is 99.0 cm³/mol. The van der Waals surface area contributed by atoms with Gasteiger partial charge in [-0.3, -0.25) is 9.59 Å². The van der Waals surface area contributed by atoms with E-state index in [1.807, 2.05) is 36.6 Å². The Morgan fingerprint density at radius 2 is 2.12 bits per heavy atom. The second-order valence-corrected chi connectivity index (χ2v) is 7.30. The summed E-state index contributed by atoms with van der Waals surface area (Å²) in [5.41, 5.74) is 1.92. The molecular formula is C19H22N2O3S. The first-order valence-corrected chi connectivity index (χ1v) is 9.10. The number of thiophene rings is 1. The lowest BCUT2D eigenvalue weighted by molar-refractivity contribution is -0.135. The topological polar surface area (TPSA) is 49.9 Å². The van der Waals surface area contributed by atoms with E-state index in [1.165, 1.54) is 10.4 Å². The standard InChI is InChI=1S/C19H22N2O3S/c1-13-8-9-25-17(13)12-20(2)19(23)14-10-18(22)21(11-14)15-6-4-5-7-16(15)24-3/h4-9,14H,10-12H2,1-3H3. The average molecular weight is 358 g/mol. The van der Waals surface area contributed by atoms with Gasteiger partial charge in [0.1, 0.15) is 5.75 Å². The number of rotatable bonds is 5. The van der Waals surface area contributed by atoms with Gasteiger partial charge in [-0.15, -0.1) is 11.3 Å². The molecule has 132 valence electrons. The number of methoxy groups -OCH3 is 1. The van der Waals surface area contributed by atoms with Gasteiger partial charge in [0.15, 0.2) is 0 Å². The third kappa shape index (κ3) is 3.54. The highest BCUT2D eigenvalue weighted by molar-refractivity contribution is 7.10. The number of ether oxygens (including phenoxy) is 1. The fourth-order valence-electron chi connectivity index (χ4n) is 3.13. The Bertz CT molecular complexity index is 786. The zero-order valence-corrected chi connectivity index (χ0v) is 15.5. The molecule has 2 aromatic rings. The van der Waals surface area contributed by atoms with Crippen LogP contribution in [0.5, 0.6) is 5.75 Å². The molecule has 1 aliphatic rings. The van der Waals surface area contributed by atoms with Crippen molar-refractivity contribution in [2.75, 3.05) is 25.6 Å². The summed E-state index contributed by atoms with van der Waals surface area (Å²) in [6, 6.07) is 9.46. The monoisotopic (exact) mass is 358 g/mol. The van der Waals surface area contributed by atoms with Gasteiger partial charge in [0.2, 0.25) is 11.8 Å². The number of hydrogen-bond donors (Lipinski definition) is 0. The molecule has 1 fully saturated rings. The van der Waals surface area contributed by atoms with Crippen LogP contribution in [0.1, 0.15) is 16.9 Å². The average Bonchev–Trinajstić information content (AvgIpc) is 3.20. The molecule has 1 aliphatic heterocycles. The molecule has 0 N–H and O–H groups in total. The van der Waals surface area contributed by atoms with E-state index in [0.29, 0.717) is 18.8 Å². The molecule has 0 saturated carbocycles. The smallest absolute Gasteiger partial charge is 0.228 e. The van der Waals surface area contributed by atoms with E-state index in [9.17, 15) is 9.59 Å². The minimum absolute atomic E-state index is 0.0125. The maximum atomic E-state index is 12.8. The first-order chi connectivity index (χ1) is 12.0. The molecule has 0 radical (unpaired) electrons. The number of hydrogen-bond acceptors (Lipinski definition) is 4. The number of nitrogens with zero attached hydrogens (tertiary/aromatic N) is 2. The molecule has 25 heavy (non-hydrogen) atoms. The Morgan fingerprint density at radius 1 is 1.36 bits per heavy atom. The van der Waals surface area contributed by atoms with Crippen LogP contribution >= 0.6 is 11.3 Å². The van der Waals surface area contributed by atoms with Gasteiger partial charge in [0.05, 0.1) is 25.3 Å². The minimum atomic E-state index is -0.317. The first-order valence-electron chi connectivity index (χ1n) is 8.22. The molecule has 1 aromatic heterocycles. The maximum Gasteiger partial charge on any atom is 0.228 e. The molecule has 5 nitrogen and oxygen atoms in total. The summed E-state index contributed by atoms with van der Waals surface area (Å²) in [5.74, 6) is 0.302. The summed E-state index contributed by atoms with van der Waals surface area (Å²) < 4.78 is 5.34. The fourth-order valence-corrected chi connectivity index (χ4v) is 4.09. The highest BCUT2D eigenvalue weighted by Crippen LogP contribution is 2.33. The molecular weight excluding hydrogens is 336 g/mol. The Balaban J connectivity index is 1.71. The molecule has 1 saturated heterocycles. The summed E-state index contributed by atoms with van der Waals surface area (Å²) in [6.45, 7) is 3.03. The van der Waals surface area contributed by atoms with Crippen molar-refractivity contribution in [1.82, 2.24) is 4.90 Å². The van der Waals surface area contributed by atoms with E-state index in [0.717, 1.165) is 5.69 Å². The van der Waals surface area contributed by atoms with E-state index in [-0.39, 0.29) is 24.2 Å². The SMILES string of the molecule is COc1ccccc1N1CC(C(=O)N(C)Cc2sccc2C)CC1=O. The molecule has 0 aliphatic carbocycles. The van der Waals surface area contributed by atoms with Crippen LogP contribution in [-0.4, -0.2) is 37.4 Å². The van der Waals surface area contributed by atoms with Crippen LogP contribution in [0, 0.1) is 12.8 Å². The Hall–Kier alpha value is -2.34. The third-order valence-electron chi connectivity index (χ3n) is 4.58. The number of anilines is 1. The van der Waals surface area contributed by atoms with Crippen LogP contribution in [-0.2, 0) is 16.1 Å². The number of carbonyl (C=O) groups is 2. The first kappa shape index (κ1) is 17.5. The lowest BCUT2D eigenvalue weighted by Crippen LogP contribution is -2.34. The summed E-state index contributed by atoms with van der Waals surface area (Å²) in [6.07, 6.45) is 0.241. The lowest BCUT2D eigenvalue weighted by Gasteiger charge is -2.22. The number of benzene rings is 1. The number of carbonyl (C=O) groups excluding carboxylic acids is 2. The predicted octanol–water partition coefficient (Wildman–Crippen LogP) is 3.08. The van der Waals surface area contributed by atoms with Crippen molar-refractivity contribution in [2.24, 2.45) is 5.92 Å². The van der Waals surface area contributed by atoms with Gasteiger partial charge < -0.3 is 14.5 Å². The highest BCUT2D eigenvalue weighted by atomic mass is 32.1. The van der Waals surface area contributed by atoms with Gasteiger partial charge in [-0.25, -0.2) is 0 Å². The Labute approximate surface area is 151 Å². The van der Waals surface area contributed by atoms with Crippen molar-refractivity contribution in [3.63, 3.8) is 0 Å². The quantitative estimate of drug-likeness (QED) is 0.825. The van der Waals surface area contributed by atoms with Crippen molar-refractivity contribution in [3.05, 3.63) is 46.2 Å². The second kappa shape index (κ2) is 7.27. The van der Waals surface area contributed by atoms with E-state index < -0.39 is 0 Å². The van der Waals surface area contributed by atoms with Crippen molar-refractivity contribution >= 4 is 28.8 Å². The van der Waals surface area contributed by atoms with Crippen LogP contribution in [0.2, 0.25) is 0 Å². The zero-order chi connectivity index (χ0) is 18.0. The minimum Gasteiger partial charge on any atom is -0.495 e. The number of amides is 2. The second-order valence-electron chi connectivity index (χ2n) is 6.30. The summed E-state index contributed by atoms with van der Waals surface area (Å²) in [7, 11) is 3.39. The molecule has 2 amide bonds. The van der Waals surface area contributed by atoms with Crippen LogP contribution in [0.15, 0.2) is 35.7 Å². The zero-order valence-electron chi connectivity index (χ0n) is 14.7. The van der Waals surface area contributed by atoms with E-state index in [4.69, 9.17) is 4.74 Å². The molecule has 1 unspecified atom stereocenters. The van der Waals surface area contributed by atoms with E-state index >= 15 is 0 Å². The lowest BCUT2D eigenvalue weighted by atomic mass is 10.1. The number of para-hydroxylation sites is 2. The molecule has 0 spiro atoms. The molecule has 1 aromatic carbocycles. The Morgan fingerprint density at radius 3 is 2.80 bits per heavy atom. The van der Waals surface area contributed by atoms with Crippen molar-refractivity contribution in [2.45, 2.75) is 19.9 Å². The Kier molecular flexibility index (Phi) is 5.08. The van der Waals surface area contributed by atoms with E-state index in [2.05, 4.69) is 6.07 Å². The molecule has 1 atom stereocenters. The summed E-state index contributed by atoms with van der Waals surface area (Å²) in [4.78, 5) is 29.8. The van der Waals surface area contributed by atoms with Crippen LogP contribution < -0.4 is 9.64 Å². The fraction of sp³-hybridized carbons (Fsp3) is 0.368. The van der Waals surface area contributed by atoms with Gasteiger partial charge in [0, 0.05) is 24.9 Å². The normalized spacial score (nSPS) is 17.0. The molecule has 6 heteroatoms. The largest absolute Gasteiger partial charge is 0.495 e. The van der Waals surface area contributed by atoms with Crippen molar-refractivity contribution in [1.29, 1.82) is 0 Å². The van der Waals surface area contributed by atoms with Crippen LogP contribution in [0.4, 0.5) is 5.69 Å². The third-order valence-corrected chi connectivity index (χ3v) is 5.58. The summed E-state index contributed by atoms with van der Waals surface area (Å²) in [5, 5.41) is 2.03. The highest BCUT2D eigenvalue weighted by Gasteiger charge is 2.37.